The van der Waals surface area contributed by atoms with Crippen molar-refractivity contribution in [2.75, 3.05) is 19.0 Å². The van der Waals surface area contributed by atoms with Crippen molar-refractivity contribution in [1.82, 2.24) is 5.32 Å². The maximum Gasteiger partial charge on any atom is 0.340 e. The number of hydrogen-bond donors (Lipinski definition) is 2. The topological polar surface area (TPSA) is 84.5 Å². The lowest BCUT2D eigenvalue weighted by Crippen LogP contribution is -2.25. The van der Waals surface area contributed by atoms with Crippen LogP contribution in [0.25, 0.3) is 10.8 Å². The Bertz CT molecular complexity index is 1020. The zero-order valence-electron chi connectivity index (χ0n) is 15.4. The standard InChI is InChI=1S/C22H20N2O4/c1-23-21(26)14-28-22(27)18-11-4-5-12-19(18)24-20(25)13-16-9-6-8-15-7-2-3-10-17(15)16/h2-12H,13-14H2,1H3,(H,23,26)(H,24,25). The predicted molar refractivity (Wildman–Crippen MR) is 107 cm³/mol. The lowest BCUT2D eigenvalue weighted by Gasteiger charge is -2.11. The molecule has 3 aromatic carbocycles. The highest BCUT2D eigenvalue weighted by molar-refractivity contribution is 6.03. The summed E-state index contributed by atoms with van der Waals surface area (Å²) >= 11 is 0. The van der Waals surface area contributed by atoms with Gasteiger partial charge in [0.25, 0.3) is 5.91 Å². The van der Waals surface area contributed by atoms with E-state index in [0.717, 1.165) is 16.3 Å². The quantitative estimate of drug-likeness (QED) is 0.648. The SMILES string of the molecule is CNC(=O)COC(=O)c1ccccc1NC(=O)Cc1cccc2ccccc12. The Kier molecular flexibility index (Phi) is 6.01. The molecule has 0 atom stereocenters. The zero-order chi connectivity index (χ0) is 19.9. The van der Waals surface area contributed by atoms with E-state index in [9.17, 15) is 14.4 Å². The van der Waals surface area contributed by atoms with Gasteiger partial charge in [0.2, 0.25) is 5.91 Å². The van der Waals surface area contributed by atoms with E-state index in [1.807, 2.05) is 42.5 Å². The summed E-state index contributed by atoms with van der Waals surface area (Å²) in [5.41, 5.74) is 1.43. The number of fused-ring (bicyclic) bond motifs is 1. The average molecular weight is 376 g/mol. The summed E-state index contributed by atoms with van der Waals surface area (Å²) in [4.78, 5) is 36.1. The van der Waals surface area contributed by atoms with Crippen molar-refractivity contribution in [1.29, 1.82) is 0 Å². The van der Waals surface area contributed by atoms with Crippen molar-refractivity contribution < 1.29 is 19.1 Å². The number of esters is 1. The number of likely N-dealkylation sites (N-methyl/N-ethyl adjacent to an activating group) is 1. The van der Waals surface area contributed by atoms with Crippen LogP contribution in [-0.2, 0) is 20.7 Å². The van der Waals surface area contributed by atoms with Gasteiger partial charge in [-0.15, -0.1) is 0 Å². The molecule has 0 saturated carbocycles. The molecule has 0 bridgehead atoms. The summed E-state index contributed by atoms with van der Waals surface area (Å²) < 4.78 is 4.98. The van der Waals surface area contributed by atoms with Gasteiger partial charge < -0.3 is 15.4 Å². The molecule has 0 aliphatic heterocycles. The number of amides is 2. The molecule has 3 aromatic rings. The van der Waals surface area contributed by atoms with Gasteiger partial charge >= 0.3 is 5.97 Å². The van der Waals surface area contributed by atoms with Crippen LogP contribution in [0.3, 0.4) is 0 Å². The van der Waals surface area contributed by atoms with Crippen molar-refractivity contribution in [2.24, 2.45) is 0 Å². The average Bonchev–Trinajstić information content (AvgIpc) is 2.72. The first-order chi connectivity index (χ1) is 13.6. The number of nitrogens with one attached hydrogen (secondary N) is 2. The fourth-order valence-electron chi connectivity index (χ4n) is 2.87. The maximum atomic E-state index is 12.6. The van der Waals surface area contributed by atoms with E-state index >= 15 is 0 Å². The minimum atomic E-state index is -0.676. The van der Waals surface area contributed by atoms with Crippen molar-refractivity contribution in [3.63, 3.8) is 0 Å². The third-order valence-corrected chi connectivity index (χ3v) is 4.27. The Hall–Kier alpha value is -3.67. The molecule has 2 amide bonds. The minimum Gasteiger partial charge on any atom is -0.452 e. The Balaban J connectivity index is 1.74. The lowest BCUT2D eigenvalue weighted by molar-refractivity contribution is -0.123. The number of hydrogen-bond acceptors (Lipinski definition) is 4. The fraction of sp³-hybridized carbons (Fsp3) is 0.136. The molecule has 0 unspecified atom stereocenters. The van der Waals surface area contributed by atoms with E-state index < -0.39 is 11.9 Å². The second-order valence-corrected chi connectivity index (χ2v) is 6.16. The molecular weight excluding hydrogens is 356 g/mol. The Morgan fingerprint density at radius 1 is 0.857 bits per heavy atom. The summed E-state index contributed by atoms with van der Waals surface area (Å²) in [6.45, 7) is -0.381. The number of benzene rings is 3. The van der Waals surface area contributed by atoms with Crippen LogP contribution >= 0.6 is 0 Å². The molecule has 0 aliphatic carbocycles. The highest BCUT2D eigenvalue weighted by Crippen LogP contribution is 2.21. The molecular formula is C22H20N2O4. The van der Waals surface area contributed by atoms with Crippen LogP contribution in [0, 0.1) is 0 Å². The van der Waals surface area contributed by atoms with Crippen LogP contribution in [0.2, 0.25) is 0 Å². The van der Waals surface area contributed by atoms with Crippen molar-refractivity contribution in [2.45, 2.75) is 6.42 Å². The van der Waals surface area contributed by atoms with E-state index in [1.165, 1.54) is 7.05 Å². The van der Waals surface area contributed by atoms with Gasteiger partial charge in [-0.25, -0.2) is 4.79 Å². The molecule has 6 heteroatoms. The molecule has 0 aromatic heterocycles. The number of rotatable bonds is 6. The van der Waals surface area contributed by atoms with E-state index in [1.54, 1.807) is 24.3 Å². The maximum absolute atomic E-state index is 12.6. The van der Waals surface area contributed by atoms with Crippen LogP contribution < -0.4 is 10.6 Å². The first kappa shape index (κ1) is 19.1. The molecule has 0 fully saturated rings. The van der Waals surface area contributed by atoms with E-state index in [-0.39, 0.29) is 24.5 Å². The van der Waals surface area contributed by atoms with Crippen LogP contribution in [0.1, 0.15) is 15.9 Å². The van der Waals surface area contributed by atoms with Crippen LogP contribution in [0.5, 0.6) is 0 Å². The molecule has 0 aliphatic rings. The summed E-state index contributed by atoms with van der Waals surface area (Å²) in [5, 5.41) is 7.21. The van der Waals surface area contributed by atoms with Gasteiger partial charge in [-0.2, -0.15) is 0 Å². The molecule has 3 rings (SSSR count). The summed E-state index contributed by atoms with van der Waals surface area (Å²) in [6, 6.07) is 20.2. The van der Waals surface area contributed by atoms with Gasteiger partial charge in [-0.05, 0) is 28.5 Å². The van der Waals surface area contributed by atoms with E-state index in [4.69, 9.17) is 4.74 Å². The van der Waals surface area contributed by atoms with Crippen LogP contribution in [0.15, 0.2) is 66.7 Å². The monoisotopic (exact) mass is 376 g/mol. The summed E-state index contributed by atoms with van der Waals surface area (Å²) in [7, 11) is 1.46. The number of carbonyl (C=O) groups excluding carboxylic acids is 3. The highest BCUT2D eigenvalue weighted by atomic mass is 16.5. The Morgan fingerprint density at radius 3 is 2.39 bits per heavy atom. The second kappa shape index (κ2) is 8.81. The van der Waals surface area contributed by atoms with Crippen molar-refractivity contribution >= 4 is 34.2 Å². The molecule has 6 nitrogen and oxygen atoms in total. The van der Waals surface area contributed by atoms with Crippen molar-refractivity contribution in [3.05, 3.63) is 77.9 Å². The van der Waals surface area contributed by atoms with Gasteiger partial charge in [0.15, 0.2) is 6.61 Å². The van der Waals surface area contributed by atoms with Crippen LogP contribution in [0.4, 0.5) is 5.69 Å². The molecule has 2 N–H and O–H groups in total. The third-order valence-electron chi connectivity index (χ3n) is 4.27. The first-order valence-corrected chi connectivity index (χ1v) is 8.81. The van der Waals surface area contributed by atoms with Gasteiger partial charge in [0, 0.05) is 7.05 Å². The van der Waals surface area contributed by atoms with Crippen molar-refractivity contribution in [3.8, 4) is 0 Å². The lowest BCUT2D eigenvalue weighted by atomic mass is 10.0. The first-order valence-electron chi connectivity index (χ1n) is 8.81. The molecule has 0 heterocycles. The minimum absolute atomic E-state index is 0.170. The van der Waals surface area contributed by atoms with Gasteiger partial charge in [0.1, 0.15) is 0 Å². The predicted octanol–water partition coefficient (Wildman–Crippen LogP) is 2.92. The molecule has 28 heavy (non-hydrogen) atoms. The summed E-state index contributed by atoms with van der Waals surface area (Å²) in [5.74, 6) is -1.33. The highest BCUT2D eigenvalue weighted by Gasteiger charge is 2.16. The van der Waals surface area contributed by atoms with E-state index in [2.05, 4.69) is 10.6 Å². The number of ether oxygens (including phenoxy) is 1. The number of para-hydroxylation sites is 1. The number of carbonyl (C=O) groups is 3. The summed E-state index contributed by atoms with van der Waals surface area (Å²) in [6.07, 6.45) is 0.170. The van der Waals surface area contributed by atoms with Crippen LogP contribution in [-0.4, -0.2) is 31.4 Å². The van der Waals surface area contributed by atoms with Gasteiger partial charge in [-0.3, -0.25) is 9.59 Å². The van der Waals surface area contributed by atoms with Gasteiger partial charge in [-0.1, -0.05) is 54.6 Å². The Labute approximate surface area is 162 Å². The fourth-order valence-corrected chi connectivity index (χ4v) is 2.87. The largest absolute Gasteiger partial charge is 0.452 e. The normalized spacial score (nSPS) is 10.3. The Morgan fingerprint density at radius 2 is 1.57 bits per heavy atom. The zero-order valence-corrected chi connectivity index (χ0v) is 15.4. The smallest absolute Gasteiger partial charge is 0.340 e. The second-order valence-electron chi connectivity index (χ2n) is 6.16. The third kappa shape index (κ3) is 4.54. The molecule has 142 valence electrons. The molecule has 0 spiro atoms. The van der Waals surface area contributed by atoms with E-state index in [0.29, 0.717) is 5.69 Å². The van der Waals surface area contributed by atoms with Gasteiger partial charge in [0.05, 0.1) is 17.7 Å². The molecule has 0 saturated heterocycles. The number of anilines is 1. The molecule has 0 radical (unpaired) electrons.